The molecule has 32 heavy (non-hydrogen) atoms. The Labute approximate surface area is 195 Å². The van der Waals surface area contributed by atoms with Gasteiger partial charge >= 0.3 is 0 Å². The van der Waals surface area contributed by atoms with E-state index in [-0.39, 0.29) is 5.91 Å². The molecule has 6 heteroatoms. The van der Waals surface area contributed by atoms with Gasteiger partial charge in [-0.05, 0) is 55.1 Å². The zero-order valence-electron chi connectivity index (χ0n) is 18.8. The van der Waals surface area contributed by atoms with E-state index in [2.05, 4.69) is 39.1 Å². The SMILES string of the molecule is C=C/C=C(\C)SNC(/C=C/C)=NCCNC(=O)c1cccc(CNCc2ccccc2)c1. The number of nitrogens with zero attached hydrogens (tertiary/aromatic N) is 1. The molecule has 0 heterocycles. The molecule has 0 aliphatic carbocycles. The van der Waals surface area contributed by atoms with Crippen molar-refractivity contribution in [1.82, 2.24) is 15.4 Å². The average molecular weight is 449 g/mol. The maximum atomic E-state index is 12.5. The van der Waals surface area contributed by atoms with Gasteiger partial charge < -0.3 is 15.4 Å². The number of hydrogen-bond acceptors (Lipinski definition) is 4. The molecule has 0 unspecified atom stereocenters. The van der Waals surface area contributed by atoms with Gasteiger partial charge in [0, 0.05) is 30.1 Å². The molecule has 1 amide bonds. The summed E-state index contributed by atoms with van der Waals surface area (Å²) in [6.07, 6.45) is 7.51. The van der Waals surface area contributed by atoms with Gasteiger partial charge in [-0.3, -0.25) is 9.79 Å². The zero-order valence-corrected chi connectivity index (χ0v) is 19.6. The molecule has 0 bridgehead atoms. The van der Waals surface area contributed by atoms with E-state index >= 15 is 0 Å². The van der Waals surface area contributed by atoms with Crippen LogP contribution in [0.3, 0.4) is 0 Å². The Morgan fingerprint density at radius 2 is 1.84 bits per heavy atom. The molecule has 0 saturated heterocycles. The van der Waals surface area contributed by atoms with Crippen LogP contribution in [0.2, 0.25) is 0 Å². The van der Waals surface area contributed by atoms with Crippen molar-refractivity contribution in [3.8, 4) is 0 Å². The van der Waals surface area contributed by atoms with Gasteiger partial charge in [0.1, 0.15) is 5.84 Å². The number of benzene rings is 2. The number of rotatable bonds is 12. The van der Waals surface area contributed by atoms with Crippen LogP contribution in [0.1, 0.15) is 35.3 Å². The molecule has 2 aromatic rings. The van der Waals surface area contributed by atoms with Gasteiger partial charge in [0.25, 0.3) is 5.91 Å². The van der Waals surface area contributed by atoms with Crippen molar-refractivity contribution in [2.24, 2.45) is 4.99 Å². The molecule has 168 valence electrons. The van der Waals surface area contributed by atoms with Crippen LogP contribution in [0.15, 0.2) is 95.4 Å². The fourth-order valence-corrected chi connectivity index (χ4v) is 3.39. The quantitative estimate of drug-likeness (QED) is 0.140. The molecule has 0 atom stereocenters. The summed E-state index contributed by atoms with van der Waals surface area (Å²) in [7, 11) is 0. The summed E-state index contributed by atoms with van der Waals surface area (Å²) in [4.78, 5) is 18.1. The van der Waals surface area contributed by atoms with Gasteiger partial charge in [-0.25, -0.2) is 0 Å². The molecule has 5 nitrogen and oxygen atoms in total. The Kier molecular flexibility index (Phi) is 11.7. The topological polar surface area (TPSA) is 65.5 Å². The normalized spacial score (nSPS) is 12.1. The van der Waals surface area contributed by atoms with Gasteiger partial charge in [0.15, 0.2) is 0 Å². The summed E-state index contributed by atoms with van der Waals surface area (Å²) in [6, 6.07) is 17.9. The largest absolute Gasteiger partial charge is 0.350 e. The van der Waals surface area contributed by atoms with E-state index in [1.807, 2.05) is 74.5 Å². The van der Waals surface area contributed by atoms with Crippen molar-refractivity contribution >= 4 is 23.7 Å². The molecule has 0 aliphatic heterocycles. The van der Waals surface area contributed by atoms with E-state index in [1.165, 1.54) is 17.5 Å². The third kappa shape index (κ3) is 9.81. The number of carbonyl (C=O) groups is 1. The van der Waals surface area contributed by atoms with E-state index in [9.17, 15) is 4.79 Å². The predicted molar refractivity (Wildman–Crippen MR) is 138 cm³/mol. The summed E-state index contributed by atoms with van der Waals surface area (Å²) < 4.78 is 3.21. The van der Waals surface area contributed by atoms with Gasteiger partial charge in [0.2, 0.25) is 0 Å². The Morgan fingerprint density at radius 1 is 1.09 bits per heavy atom. The van der Waals surface area contributed by atoms with Crippen LogP contribution < -0.4 is 15.4 Å². The van der Waals surface area contributed by atoms with Crippen LogP contribution >= 0.6 is 11.9 Å². The van der Waals surface area contributed by atoms with E-state index in [0.29, 0.717) is 25.2 Å². The Morgan fingerprint density at radius 3 is 2.59 bits per heavy atom. The lowest BCUT2D eigenvalue weighted by Crippen LogP contribution is -2.27. The molecule has 3 N–H and O–H groups in total. The van der Waals surface area contributed by atoms with E-state index < -0.39 is 0 Å². The molecule has 2 aromatic carbocycles. The van der Waals surface area contributed by atoms with Crippen molar-refractivity contribution in [3.63, 3.8) is 0 Å². The lowest BCUT2D eigenvalue weighted by molar-refractivity contribution is 0.0954. The third-order valence-corrected chi connectivity index (χ3v) is 5.13. The molecule has 0 aliphatic rings. The fourth-order valence-electron chi connectivity index (χ4n) is 2.83. The lowest BCUT2D eigenvalue weighted by atomic mass is 10.1. The maximum Gasteiger partial charge on any atom is 0.251 e. The second kappa shape index (κ2) is 14.8. The Balaban J connectivity index is 1.80. The highest BCUT2D eigenvalue weighted by Gasteiger charge is 2.06. The zero-order chi connectivity index (χ0) is 23.0. The summed E-state index contributed by atoms with van der Waals surface area (Å²) >= 11 is 1.48. The minimum absolute atomic E-state index is 0.0928. The van der Waals surface area contributed by atoms with Gasteiger partial charge in [-0.15, -0.1) is 0 Å². The number of nitrogens with one attached hydrogen (secondary N) is 3. The second-order valence-electron chi connectivity index (χ2n) is 7.03. The smallest absolute Gasteiger partial charge is 0.251 e. The number of allylic oxidation sites excluding steroid dienone is 4. The molecular formula is C26H32N4OS. The number of amidine groups is 1. The minimum atomic E-state index is -0.0928. The highest BCUT2D eigenvalue weighted by Crippen LogP contribution is 2.10. The van der Waals surface area contributed by atoms with E-state index in [1.54, 1.807) is 6.08 Å². The van der Waals surface area contributed by atoms with Crippen LogP contribution in [0.4, 0.5) is 0 Å². The molecule has 0 fully saturated rings. The van der Waals surface area contributed by atoms with Gasteiger partial charge in [-0.1, -0.05) is 67.3 Å². The van der Waals surface area contributed by atoms with Crippen molar-refractivity contribution in [2.45, 2.75) is 26.9 Å². The fraction of sp³-hybridized carbons (Fsp3) is 0.231. The third-order valence-electron chi connectivity index (χ3n) is 4.36. The van der Waals surface area contributed by atoms with Crippen molar-refractivity contribution in [1.29, 1.82) is 0 Å². The second-order valence-corrected chi connectivity index (χ2v) is 8.08. The van der Waals surface area contributed by atoms with Crippen LogP contribution in [0, 0.1) is 0 Å². The number of amides is 1. The van der Waals surface area contributed by atoms with Crippen LogP contribution in [0.25, 0.3) is 0 Å². The highest BCUT2D eigenvalue weighted by atomic mass is 32.2. The summed E-state index contributed by atoms with van der Waals surface area (Å²) in [5.74, 6) is 0.667. The summed E-state index contributed by atoms with van der Waals surface area (Å²) in [6.45, 7) is 10.1. The van der Waals surface area contributed by atoms with Crippen molar-refractivity contribution in [2.75, 3.05) is 13.1 Å². The standard InChI is InChI=1S/C26H32N4OS/c1-4-10-21(3)32-30-25(11-5-2)28-16-17-29-26(31)24-15-9-14-23(18-24)20-27-19-22-12-7-6-8-13-22/h4-15,18,27H,1,16-17,19-20H2,2-3H3,(H,28,30)(H,29,31)/b11-5+,21-10+. The molecule has 0 spiro atoms. The molecule has 2 rings (SSSR count). The molecular weight excluding hydrogens is 416 g/mol. The Hall–Kier alpha value is -3.09. The van der Waals surface area contributed by atoms with Crippen LogP contribution in [-0.2, 0) is 13.1 Å². The average Bonchev–Trinajstić information content (AvgIpc) is 2.81. The Bertz CT molecular complexity index is 951. The first-order valence-corrected chi connectivity index (χ1v) is 11.4. The number of aliphatic imine (C=N–C) groups is 1. The first-order chi connectivity index (χ1) is 15.6. The first-order valence-electron chi connectivity index (χ1n) is 10.6. The molecule has 0 radical (unpaired) electrons. The van der Waals surface area contributed by atoms with Gasteiger partial charge in [-0.2, -0.15) is 0 Å². The highest BCUT2D eigenvalue weighted by molar-refractivity contribution is 8.01. The predicted octanol–water partition coefficient (Wildman–Crippen LogP) is 5.01. The van der Waals surface area contributed by atoms with E-state index in [4.69, 9.17) is 0 Å². The maximum absolute atomic E-state index is 12.5. The first kappa shape index (κ1) is 25.2. The molecule has 0 saturated carbocycles. The van der Waals surface area contributed by atoms with Gasteiger partial charge in [0.05, 0.1) is 6.54 Å². The van der Waals surface area contributed by atoms with E-state index in [0.717, 1.165) is 22.8 Å². The van der Waals surface area contributed by atoms with Crippen molar-refractivity contribution < 1.29 is 4.79 Å². The summed E-state index contributed by atoms with van der Waals surface area (Å²) in [5, 5.41) is 6.36. The lowest BCUT2D eigenvalue weighted by Gasteiger charge is -2.09. The number of hydrogen-bond donors (Lipinski definition) is 3. The minimum Gasteiger partial charge on any atom is -0.350 e. The number of carbonyl (C=O) groups excluding carboxylic acids is 1. The van der Waals surface area contributed by atoms with Crippen LogP contribution in [0.5, 0.6) is 0 Å². The summed E-state index contributed by atoms with van der Waals surface area (Å²) in [5.41, 5.74) is 2.96. The van der Waals surface area contributed by atoms with Crippen LogP contribution in [-0.4, -0.2) is 24.8 Å². The monoisotopic (exact) mass is 448 g/mol. The molecule has 0 aromatic heterocycles. The van der Waals surface area contributed by atoms with Crippen molar-refractivity contribution in [3.05, 3.63) is 107 Å².